The fraction of sp³-hybridized carbons (Fsp3) is 0.256. The summed E-state index contributed by atoms with van der Waals surface area (Å²) in [6, 6.07) is 25.0. The van der Waals surface area contributed by atoms with E-state index in [0.29, 0.717) is 27.8 Å². The number of aromatic nitrogens is 4. The number of fused-ring (bicyclic) bond motifs is 2. The first-order valence-corrected chi connectivity index (χ1v) is 17.0. The highest BCUT2D eigenvalue weighted by Crippen LogP contribution is 2.38. The third-order valence-electron chi connectivity index (χ3n) is 9.77. The van der Waals surface area contributed by atoms with Crippen LogP contribution in [0.25, 0.3) is 55.8 Å². The first-order chi connectivity index (χ1) is 23.4. The van der Waals surface area contributed by atoms with Crippen LogP contribution in [0.3, 0.4) is 0 Å². The third kappa shape index (κ3) is 5.60. The Bertz CT molecular complexity index is 2200. The van der Waals surface area contributed by atoms with E-state index in [4.69, 9.17) is 26.6 Å². The Kier molecular flexibility index (Phi) is 7.89. The molecule has 0 radical (unpaired) electrons. The molecule has 0 unspecified atom stereocenters. The summed E-state index contributed by atoms with van der Waals surface area (Å²) >= 11 is 6.21. The van der Waals surface area contributed by atoms with Crippen LogP contribution in [0.4, 0.5) is 0 Å². The van der Waals surface area contributed by atoms with E-state index in [0.717, 1.165) is 96.2 Å². The van der Waals surface area contributed by atoms with Crippen LogP contribution in [0.5, 0.6) is 0 Å². The summed E-state index contributed by atoms with van der Waals surface area (Å²) < 4.78 is 2.30. The van der Waals surface area contributed by atoms with Crippen molar-refractivity contribution in [2.24, 2.45) is 0 Å². The zero-order chi connectivity index (χ0) is 32.8. The van der Waals surface area contributed by atoms with Crippen molar-refractivity contribution in [3.63, 3.8) is 0 Å². The second-order valence-corrected chi connectivity index (χ2v) is 13.3. The van der Waals surface area contributed by atoms with E-state index in [1.165, 1.54) is 6.42 Å². The molecule has 9 heteroatoms. The Morgan fingerprint density at radius 2 is 1.46 bits per heavy atom. The van der Waals surface area contributed by atoms with Gasteiger partial charge in [-0.2, -0.15) is 0 Å². The number of rotatable bonds is 6. The van der Waals surface area contributed by atoms with E-state index < -0.39 is 5.97 Å². The van der Waals surface area contributed by atoms with Gasteiger partial charge in [-0.15, -0.1) is 0 Å². The van der Waals surface area contributed by atoms with Crippen molar-refractivity contribution in [2.45, 2.75) is 51.0 Å². The molecule has 1 amide bonds. The highest BCUT2D eigenvalue weighted by atomic mass is 35.5. The van der Waals surface area contributed by atoms with Gasteiger partial charge in [0.2, 0.25) is 0 Å². The van der Waals surface area contributed by atoms with Gasteiger partial charge in [-0.1, -0.05) is 49.1 Å². The van der Waals surface area contributed by atoms with E-state index in [2.05, 4.69) is 4.57 Å². The molecule has 4 aromatic carbocycles. The Morgan fingerprint density at radius 3 is 2.23 bits per heavy atom. The number of imidazole rings is 1. The number of carboxylic acid groups (broad SMARTS) is 1. The molecule has 8 rings (SSSR count). The zero-order valence-electron chi connectivity index (χ0n) is 26.4. The standard InChI is InChI=1S/C39H34ClN5O3/c40-28-13-8-24(9-14-28)30-15-10-26(38(46)44-18-4-5-19-44)20-31(30)35-23-41-33-21-25(11-16-32(33)42-35)37-43-34-22-27(39(47)48)12-17-36(34)45(37)29-6-2-1-3-7-29/h8-17,20-23,29H,1-7,18-19H2,(H,47,48). The molecule has 0 atom stereocenters. The average Bonchev–Trinajstić information content (AvgIpc) is 3.80. The first-order valence-electron chi connectivity index (χ1n) is 16.6. The van der Waals surface area contributed by atoms with Crippen LogP contribution in [-0.4, -0.2) is 54.5 Å². The summed E-state index contributed by atoms with van der Waals surface area (Å²) in [6.07, 6.45) is 9.49. The molecule has 1 aliphatic carbocycles. The number of hydrogen-bond donors (Lipinski definition) is 1. The van der Waals surface area contributed by atoms with Gasteiger partial charge in [-0.3, -0.25) is 9.78 Å². The maximum Gasteiger partial charge on any atom is 0.335 e. The minimum Gasteiger partial charge on any atom is -0.478 e. The monoisotopic (exact) mass is 655 g/mol. The average molecular weight is 656 g/mol. The van der Waals surface area contributed by atoms with E-state index in [-0.39, 0.29) is 11.5 Å². The van der Waals surface area contributed by atoms with Crippen molar-refractivity contribution in [3.8, 4) is 33.8 Å². The highest BCUT2D eigenvalue weighted by Gasteiger charge is 2.24. The minimum atomic E-state index is -0.965. The Balaban J connectivity index is 1.22. The number of nitrogens with zero attached hydrogens (tertiary/aromatic N) is 5. The first kappa shape index (κ1) is 30.3. The number of hydrogen-bond acceptors (Lipinski definition) is 5. The van der Waals surface area contributed by atoms with Crippen molar-refractivity contribution in [1.82, 2.24) is 24.4 Å². The van der Waals surface area contributed by atoms with Gasteiger partial charge in [0, 0.05) is 40.8 Å². The van der Waals surface area contributed by atoms with Crippen LogP contribution in [0.15, 0.2) is 85.1 Å². The highest BCUT2D eigenvalue weighted by molar-refractivity contribution is 6.30. The Labute approximate surface area is 283 Å². The van der Waals surface area contributed by atoms with Gasteiger partial charge in [-0.05, 0) is 97.5 Å². The predicted molar refractivity (Wildman–Crippen MR) is 188 cm³/mol. The molecule has 2 aliphatic rings. The normalized spacial score (nSPS) is 15.4. The van der Waals surface area contributed by atoms with E-state index >= 15 is 0 Å². The van der Waals surface area contributed by atoms with Gasteiger partial charge in [-0.25, -0.2) is 14.8 Å². The van der Waals surface area contributed by atoms with E-state index in [1.54, 1.807) is 18.3 Å². The SMILES string of the molecule is O=C(O)c1ccc2c(c1)nc(-c1ccc3nc(-c4cc(C(=O)N5CCCC5)ccc4-c4ccc(Cl)cc4)cnc3c1)n2C1CCCCC1. The number of benzene rings is 4. The number of halogens is 1. The van der Waals surface area contributed by atoms with Crippen LogP contribution < -0.4 is 0 Å². The lowest BCUT2D eigenvalue weighted by Gasteiger charge is -2.25. The van der Waals surface area contributed by atoms with Crippen LogP contribution in [-0.2, 0) is 0 Å². The number of amides is 1. The summed E-state index contributed by atoms with van der Waals surface area (Å²) in [4.78, 5) is 42.0. The largest absolute Gasteiger partial charge is 0.478 e. The Morgan fingerprint density at radius 1 is 0.708 bits per heavy atom. The molecular weight excluding hydrogens is 622 g/mol. The number of likely N-dealkylation sites (tertiary alicyclic amines) is 1. The van der Waals surface area contributed by atoms with Gasteiger partial charge >= 0.3 is 5.97 Å². The molecule has 0 spiro atoms. The fourth-order valence-corrected chi connectivity index (χ4v) is 7.42. The summed E-state index contributed by atoms with van der Waals surface area (Å²) in [5.41, 5.74) is 8.25. The van der Waals surface area contributed by atoms with Crippen LogP contribution in [0, 0.1) is 0 Å². The molecule has 1 saturated heterocycles. The summed E-state index contributed by atoms with van der Waals surface area (Å²) in [6.45, 7) is 1.56. The summed E-state index contributed by atoms with van der Waals surface area (Å²) in [7, 11) is 0. The minimum absolute atomic E-state index is 0.0335. The zero-order valence-corrected chi connectivity index (χ0v) is 27.2. The molecule has 6 aromatic rings. The molecule has 3 heterocycles. The second-order valence-electron chi connectivity index (χ2n) is 12.8. The molecule has 1 saturated carbocycles. The summed E-state index contributed by atoms with van der Waals surface area (Å²) in [5, 5.41) is 10.3. The van der Waals surface area contributed by atoms with E-state index in [1.807, 2.05) is 71.6 Å². The molecule has 2 aromatic heterocycles. The predicted octanol–water partition coefficient (Wildman–Crippen LogP) is 9.07. The molecule has 240 valence electrons. The van der Waals surface area contributed by atoms with Crippen molar-refractivity contribution in [2.75, 3.05) is 13.1 Å². The molecule has 48 heavy (non-hydrogen) atoms. The third-order valence-corrected chi connectivity index (χ3v) is 10.0. The maximum atomic E-state index is 13.4. The smallest absolute Gasteiger partial charge is 0.335 e. The number of carbonyl (C=O) groups excluding carboxylic acids is 1. The lowest BCUT2D eigenvalue weighted by molar-refractivity contribution is 0.0696. The van der Waals surface area contributed by atoms with Gasteiger partial charge < -0.3 is 14.6 Å². The molecule has 0 bridgehead atoms. The van der Waals surface area contributed by atoms with Crippen LogP contribution >= 0.6 is 11.6 Å². The lowest BCUT2D eigenvalue weighted by Crippen LogP contribution is -2.27. The molecule has 1 aliphatic heterocycles. The maximum absolute atomic E-state index is 13.4. The van der Waals surface area contributed by atoms with Gasteiger partial charge in [0.15, 0.2) is 0 Å². The van der Waals surface area contributed by atoms with Gasteiger partial charge in [0.25, 0.3) is 5.91 Å². The van der Waals surface area contributed by atoms with E-state index in [9.17, 15) is 14.7 Å². The second kappa shape index (κ2) is 12.5. The molecular formula is C39H34ClN5O3. The fourth-order valence-electron chi connectivity index (χ4n) is 7.30. The van der Waals surface area contributed by atoms with Gasteiger partial charge in [0.05, 0.1) is 39.5 Å². The number of carboxylic acids is 1. The van der Waals surface area contributed by atoms with Crippen molar-refractivity contribution in [3.05, 3.63) is 101 Å². The molecule has 2 fully saturated rings. The van der Waals surface area contributed by atoms with Crippen LogP contribution in [0.2, 0.25) is 5.02 Å². The topological polar surface area (TPSA) is 101 Å². The molecule has 1 N–H and O–H groups in total. The van der Waals surface area contributed by atoms with Crippen molar-refractivity contribution in [1.29, 1.82) is 0 Å². The lowest BCUT2D eigenvalue weighted by atomic mass is 9.94. The number of carbonyl (C=O) groups is 2. The molecule has 8 nitrogen and oxygen atoms in total. The Hall–Kier alpha value is -5.08. The number of aromatic carboxylic acids is 1. The van der Waals surface area contributed by atoms with Crippen molar-refractivity contribution < 1.29 is 14.7 Å². The quantitative estimate of drug-likeness (QED) is 0.192. The van der Waals surface area contributed by atoms with Gasteiger partial charge in [0.1, 0.15) is 5.82 Å². The van der Waals surface area contributed by atoms with Crippen LogP contribution in [0.1, 0.15) is 71.7 Å². The van der Waals surface area contributed by atoms with Crippen molar-refractivity contribution >= 4 is 45.5 Å². The summed E-state index contributed by atoms with van der Waals surface area (Å²) in [5.74, 6) is -0.121.